The molecule has 1 N–H and O–H groups in total. The molecule has 0 aromatic heterocycles. The van der Waals surface area contributed by atoms with Crippen molar-refractivity contribution in [1.82, 2.24) is 5.32 Å². The number of nitrogens with one attached hydrogen (secondary N) is 1. The minimum atomic E-state index is -0.873. The number of rotatable bonds is 4. The first-order valence-electron chi connectivity index (χ1n) is 6.46. The van der Waals surface area contributed by atoms with E-state index in [0.717, 1.165) is 17.7 Å². The third-order valence-electron chi connectivity index (χ3n) is 2.98. The molecule has 110 valence electrons. The van der Waals surface area contributed by atoms with Gasteiger partial charge in [-0.2, -0.15) is 0 Å². The molecule has 0 aliphatic carbocycles. The van der Waals surface area contributed by atoms with Crippen molar-refractivity contribution >= 4 is 17.5 Å². The summed E-state index contributed by atoms with van der Waals surface area (Å²) in [5.41, 5.74) is 0.796. The number of carbonyl (C=O) groups excluding carboxylic acids is 1. The number of hydrogen-bond donors (Lipinski definition) is 1. The highest BCUT2D eigenvalue weighted by Gasteiger charge is 2.15. The van der Waals surface area contributed by atoms with E-state index in [1.807, 2.05) is 18.2 Å². The zero-order chi connectivity index (χ0) is 15.4. The van der Waals surface area contributed by atoms with Crippen LogP contribution in [0.4, 0.5) is 8.78 Å². The molecule has 21 heavy (non-hydrogen) atoms. The van der Waals surface area contributed by atoms with Gasteiger partial charge in [-0.05, 0) is 43.2 Å². The van der Waals surface area contributed by atoms with Crippen molar-refractivity contribution in [3.05, 3.63) is 70.2 Å². The maximum absolute atomic E-state index is 13.5. The molecular formula is C16H14ClF2NO. The standard InChI is InChI=1S/C16H14ClF2NO/c1-10(7-11-3-2-4-12(17)8-11)20-16(21)14-6-5-13(18)9-15(14)19/h2-6,8-10H,7H2,1H3,(H,20,21)/t10-/m1/s1. The maximum atomic E-state index is 13.5. The Morgan fingerprint density at radius 1 is 1.24 bits per heavy atom. The molecule has 0 radical (unpaired) electrons. The molecule has 0 aliphatic heterocycles. The van der Waals surface area contributed by atoms with Crippen LogP contribution in [0.3, 0.4) is 0 Å². The molecule has 2 rings (SSSR count). The molecule has 1 amide bonds. The molecule has 1 atom stereocenters. The first kappa shape index (κ1) is 15.4. The third kappa shape index (κ3) is 4.26. The van der Waals surface area contributed by atoms with Crippen molar-refractivity contribution < 1.29 is 13.6 Å². The summed E-state index contributed by atoms with van der Waals surface area (Å²) < 4.78 is 26.3. The largest absolute Gasteiger partial charge is 0.349 e. The van der Waals surface area contributed by atoms with E-state index < -0.39 is 17.5 Å². The monoisotopic (exact) mass is 309 g/mol. The Hall–Kier alpha value is -1.94. The fraction of sp³-hybridized carbons (Fsp3) is 0.188. The average Bonchev–Trinajstić information content (AvgIpc) is 2.38. The number of benzene rings is 2. The van der Waals surface area contributed by atoms with Gasteiger partial charge in [-0.1, -0.05) is 23.7 Å². The Bertz CT molecular complexity index is 660. The van der Waals surface area contributed by atoms with E-state index >= 15 is 0 Å². The molecule has 0 bridgehead atoms. The van der Waals surface area contributed by atoms with Gasteiger partial charge in [-0.15, -0.1) is 0 Å². The van der Waals surface area contributed by atoms with E-state index in [9.17, 15) is 13.6 Å². The molecule has 0 saturated heterocycles. The SMILES string of the molecule is C[C@H](Cc1cccc(Cl)c1)NC(=O)c1ccc(F)cc1F. The lowest BCUT2D eigenvalue weighted by molar-refractivity contribution is 0.0936. The molecular weight excluding hydrogens is 296 g/mol. The summed E-state index contributed by atoms with van der Waals surface area (Å²) >= 11 is 5.89. The first-order chi connectivity index (χ1) is 9.95. The Labute approximate surface area is 126 Å². The van der Waals surface area contributed by atoms with Crippen molar-refractivity contribution in [2.24, 2.45) is 0 Å². The summed E-state index contributed by atoms with van der Waals surface area (Å²) in [5, 5.41) is 3.30. The smallest absolute Gasteiger partial charge is 0.254 e. The summed E-state index contributed by atoms with van der Waals surface area (Å²) in [6.07, 6.45) is 0.565. The zero-order valence-electron chi connectivity index (χ0n) is 11.4. The van der Waals surface area contributed by atoms with Crippen LogP contribution in [0.15, 0.2) is 42.5 Å². The van der Waals surface area contributed by atoms with Crippen LogP contribution in [-0.4, -0.2) is 11.9 Å². The summed E-state index contributed by atoms with van der Waals surface area (Å²) in [6.45, 7) is 1.81. The van der Waals surface area contributed by atoms with Crippen LogP contribution in [0, 0.1) is 11.6 Å². The average molecular weight is 310 g/mol. The molecule has 2 nitrogen and oxygen atoms in total. The number of halogens is 3. The van der Waals surface area contributed by atoms with Crippen LogP contribution in [0.1, 0.15) is 22.8 Å². The van der Waals surface area contributed by atoms with Crippen LogP contribution < -0.4 is 5.32 Å². The van der Waals surface area contributed by atoms with Gasteiger partial charge < -0.3 is 5.32 Å². The van der Waals surface area contributed by atoms with E-state index in [1.165, 1.54) is 0 Å². The van der Waals surface area contributed by atoms with Crippen LogP contribution in [0.2, 0.25) is 5.02 Å². The van der Waals surface area contributed by atoms with E-state index in [-0.39, 0.29) is 11.6 Å². The lowest BCUT2D eigenvalue weighted by Gasteiger charge is -2.14. The van der Waals surface area contributed by atoms with Crippen LogP contribution in [0.5, 0.6) is 0 Å². The molecule has 0 spiro atoms. The number of carbonyl (C=O) groups is 1. The molecule has 2 aromatic rings. The van der Waals surface area contributed by atoms with E-state index in [1.54, 1.807) is 13.0 Å². The lowest BCUT2D eigenvalue weighted by Crippen LogP contribution is -2.34. The highest BCUT2D eigenvalue weighted by Crippen LogP contribution is 2.13. The van der Waals surface area contributed by atoms with Crippen LogP contribution in [0.25, 0.3) is 0 Å². The molecule has 0 unspecified atom stereocenters. The van der Waals surface area contributed by atoms with E-state index in [2.05, 4.69) is 5.32 Å². The Kier molecular flexibility index (Phi) is 4.91. The van der Waals surface area contributed by atoms with Gasteiger partial charge >= 0.3 is 0 Å². The van der Waals surface area contributed by atoms with Gasteiger partial charge in [0.1, 0.15) is 11.6 Å². The first-order valence-corrected chi connectivity index (χ1v) is 6.84. The predicted octanol–water partition coefficient (Wildman–Crippen LogP) is 3.98. The second-order valence-corrected chi connectivity index (χ2v) is 5.27. The Morgan fingerprint density at radius 2 is 2.00 bits per heavy atom. The third-order valence-corrected chi connectivity index (χ3v) is 3.22. The second-order valence-electron chi connectivity index (χ2n) is 4.83. The second kappa shape index (κ2) is 6.68. The summed E-state index contributed by atoms with van der Waals surface area (Å²) in [5.74, 6) is -2.15. The molecule has 0 heterocycles. The van der Waals surface area contributed by atoms with Crippen molar-refractivity contribution in [1.29, 1.82) is 0 Å². The lowest BCUT2D eigenvalue weighted by atomic mass is 10.1. The van der Waals surface area contributed by atoms with Gasteiger partial charge in [0.05, 0.1) is 5.56 Å². The van der Waals surface area contributed by atoms with E-state index in [0.29, 0.717) is 17.5 Å². The molecule has 0 saturated carbocycles. The highest BCUT2D eigenvalue weighted by molar-refractivity contribution is 6.30. The maximum Gasteiger partial charge on any atom is 0.254 e. The minimum absolute atomic E-state index is 0.172. The van der Waals surface area contributed by atoms with Gasteiger partial charge in [0.25, 0.3) is 5.91 Å². The highest BCUT2D eigenvalue weighted by atomic mass is 35.5. The topological polar surface area (TPSA) is 29.1 Å². The summed E-state index contributed by atoms with van der Waals surface area (Å²) in [4.78, 5) is 11.9. The van der Waals surface area contributed by atoms with Crippen LogP contribution >= 0.6 is 11.6 Å². The van der Waals surface area contributed by atoms with Gasteiger partial charge in [0, 0.05) is 17.1 Å². The van der Waals surface area contributed by atoms with Gasteiger partial charge in [-0.25, -0.2) is 8.78 Å². The molecule has 2 aromatic carbocycles. The number of hydrogen-bond acceptors (Lipinski definition) is 1. The summed E-state index contributed by atoms with van der Waals surface area (Å²) in [7, 11) is 0. The summed E-state index contributed by atoms with van der Waals surface area (Å²) in [6, 6.07) is 9.96. The van der Waals surface area contributed by atoms with E-state index in [4.69, 9.17) is 11.6 Å². The fourth-order valence-corrected chi connectivity index (χ4v) is 2.26. The zero-order valence-corrected chi connectivity index (χ0v) is 12.1. The van der Waals surface area contributed by atoms with Crippen molar-refractivity contribution in [2.75, 3.05) is 0 Å². The minimum Gasteiger partial charge on any atom is -0.349 e. The fourth-order valence-electron chi connectivity index (χ4n) is 2.04. The van der Waals surface area contributed by atoms with Crippen molar-refractivity contribution in [2.45, 2.75) is 19.4 Å². The van der Waals surface area contributed by atoms with Gasteiger partial charge in [-0.3, -0.25) is 4.79 Å². The molecule has 5 heteroatoms. The molecule has 0 aliphatic rings. The van der Waals surface area contributed by atoms with Crippen LogP contribution in [-0.2, 0) is 6.42 Å². The van der Waals surface area contributed by atoms with Gasteiger partial charge in [0.2, 0.25) is 0 Å². The Morgan fingerprint density at radius 3 is 2.67 bits per heavy atom. The quantitative estimate of drug-likeness (QED) is 0.909. The van der Waals surface area contributed by atoms with Crippen molar-refractivity contribution in [3.63, 3.8) is 0 Å². The normalized spacial score (nSPS) is 12.0. The predicted molar refractivity (Wildman–Crippen MR) is 78.4 cm³/mol. The Balaban J connectivity index is 2.02. The number of amides is 1. The molecule has 0 fully saturated rings. The van der Waals surface area contributed by atoms with Crippen molar-refractivity contribution in [3.8, 4) is 0 Å². The van der Waals surface area contributed by atoms with Gasteiger partial charge in [0.15, 0.2) is 0 Å².